The first-order valence-corrected chi connectivity index (χ1v) is 5.44. The smallest absolute Gasteiger partial charge is 0.208 e. The van der Waals surface area contributed by atoms with E-state index < -0.39 is 0 Å². The van der Waals surface area contributed by atoms with Gasteiger partial charge in [-0.2, -0.15) is 0 Å². The maximum absolute atomic E-state index is 5.96. The number of aromatic nitrogens is 1. The predicted molar refractivity (Wildman–Crippen MR) is 64.4 cm³/mol. The summed E-state index contributed by atoms with van der Waals surface area (Å²) >= 11 is 5.96. The van der Waals surface area contributed by atoms with E-state index in [0.717, 1.165) is 16.9 Å². The first-order chi connectivity index (χ1) is 7.70. The van der Waals surface area contributed by atoms with E-state index in [-0.39, 0.29) is 0 Å². The molecule has 2 aromatic rings. The van der Waals surface area contributed by atoms with E-state index in [4.69, 9.17) is 16.0 Å². The van der Waals surface area contributed by atoms with Gasteiger partial charge in [-0.05, 0) is 31.7 Å². The fourth-order valence-corrected chi connectivity index (χ4v) is 1.70. The normalized spacial score (nSPS) is 10.7. The predicted octanol–water partition coefficient (Wildman–Crippen LogP) is 3.02. The van der Waals surface area contributed by atoms with Gasteiger partial charge in [0.1, 0.15) is 0 Å². The van der Waals surface area contributed by atoms with Crippen LogP contribution in [0.15, 0.2) is 28.8 Å². The van der Waals surface area contributed by atoms with Crippen molar-refractivity contribution >= 4 is 11.6 Å². The molecule has 1 aromatic heterocycles. The summed E-state index contributed by atoms with van der Waals surface area (Å²) in [4.78, 5) is 4.18. The minimum atomic E-state index is 0.625. The molecule has 0 fully saturated rings. The van der Waals surface area contributed by atoms with Crippen molar-refractivity contribution in [1.29, 1.82) is 0 Å². The Morgan fingerprint density at radius 1 is 1.44 bits per heavy atom. The molecule has 0 saturated carbocycles. The van der Waals surface area contributed by atoms with Gasteiger partial charge in [0.2, 0.25) is 5.89 Å². The van der Waals surface area contributed by atoms with E-state index in [2.05, 4.69) is 10.3 Å². The van der Waals surface area contributed by atoms with Gasteiger partial charge in [0.25, 0.3) is 0 Å². The number of hydrogen-bond acceptors (Lipinski definition) is 3. The number of rotatable bonds is 3. The molecule has 0 spiro atoms. The summed E-state index contributed by atoms with van der Waals surface area (Å²) < 4.78 is 5.61. The standard InChI is InChI=1S/C12H13ClN2O/c1-8-3-4-9(13)5-10(8)11-6-15-12(16-11)7-14-2/h3-6,14H,7H2,1-2H3. The van der Waals surface area contributed by atoms with E-state index in [0.29, 0.717) is 17.5 Å². The molecule has 0 amide bonds. The number of hydrogen-bond donors (Lipinski definition) is 1. The van der Waals surface area contributed by atoms with Crippen molar-refractivity contribution in [2.75, 3.05) is 7.05 Å². The second kappa shape index (κ2) is 4.68. The Morgan fingerprint density at radius 2 is 2.25 bits per heavy atom. The van der Waals surface area contributed by atoms with Gasteiger partial charge in [-0.3, -0.25) is 0 Å². The molecule has 3 nitrogen and oxygen atoms in total. The molecule has 0 radical (unpaired) electrons. The van der Waals surface area contributed by atoms with E-state index >= 15 is 0 Å². The molecule has 0 aliphatic rings. The van der Waals surface area contributed by atoms with Gasteiger partial charge < -0.3 is 9.73 Å². The zero-order valence-corrected chi connectivity index (χ0v) is 10.0. The summed E-state index contributed by atoms with van der Waals surface area (Å²) in [7, 11) is 1.86. The van der Waals surface area contributed by atoms with Crippen LogP contribution in [0.5, 0.6) is 0 Å². The third-order valence-electron chi connectivity index (χ3n) is 2.35. The van der Waals surface area contributed by atoms with Crippen LogP contribution in [-0.4, -0.2) is 12.0 Å². The molecular weight excluding hydrogens is 224 g/mol. The van der Waals surface area contributed by atoms with Crippen LogP contribution in [-0.2, 0) is 6.54 Å². The second-order valence-corrected chi connectivity index (χ2v) is 4.04. The third kappa shape index (κ3) is 2.26. The topological polar surface area (TPSA) is 38.1 Å². The Hall–Kier alpha value is -1.32. The summed E-state index contributed by atoms with van der Waals surface area (Å²) in [5.74, 6) is 1.43. The Morgan fingerprint density at radius 3 is 3.00 bits per heavy atom. The van der Waals surface area contributed by atoms with Crippen LogP contribution in [0.3, 0.4) is 0 Å². The monoisotopic (exact) mass is 236 g/mol. The highest BCUT2D eigenvalue weighted by Gasteiger charge is 2.08. The average molecular weight is 237 g/mol. The minimum absolute atomic E-state index is 0.625. The number of nitrogens with zero attached hydrogens (tertiary/aromatic N) is 1. The van der Waals surface area contributed by atoms with Gasteiger partial charge >= 0.3 is 0 Å². The summed E-state index contributed by atoms with van der Waals surface area (Å²) in [6, 6.07) is 5.73. The first kappa shape index (κ1) is 11.2. The average Bonchev–Trinajstić information content (AvgIpc) is 2.71. The van der Waals surface area contributed by atoms with Gasteiger partial charge in [-0.15, -0.1) is 0 Å². The van der Waals surface area contributed by atoms with E-state index in [1.807, 2.05) is 32.2 Å². The Kier molecular flexibility index (Phi) is 3.27. The number of halogens is 1. The molecule has 1 aromatic carbocycles. The van der Waals surface area contributed by atoms with Crippen molar-refractivity contribution in [2.45, 2.75) is 13.5 Å². The molecule has 0 bridgehead atoms. The molecule has 0 aliphatic carbocycles. The number of benzene rings is 1. The number of oxazole rings is 1. The fraction of sp³-hybridized carbons (Fsp3) is 0.250. The summed E-state index contributed by atoms with van der Waals surface area (Å²) in [6.45, 7) is 2.64. The van der Waals surface area contributed by atoms with Crippen molar-refractivity contribution < 1.29 is 4.42 Å². The Balaban J connectivity index is 2.38. The van der Waals surface area contributed by atoms with Crippen LogP contribution >= 0.6 is 11.6 Å². The summed E-state index contributed by atoms with van der Waals surface area (Å²) in [5.41, 5.74) is 2.11. The lowest BCUT2D eigenvalue weighted by atomic mass is 10.1. The van der Waals surface area contributed by atoms with Gasteiger partial charge in [0.05, 0.1) is 12.7 Å². The molecule has 0 saturated heterocycles. The molecule has 4 heteroatoms. The molecule has 2 rings (SSSR count). The van der Waals surface area contributed by atoms with E-state index in [1.54, 1.807) is 6.20 Å². The highest BCUT2D eigenvalue weighted by molar-refractivity contribution is 6.30. The van der Waals surface area contributed by atoms with Crippen molar-refractivity contribution in [1.82, 2.24) is 10.3 Å². The maximum atomic E-state index is 5.96. The molecule has 0 atom stereocenters. The van der Waals surface area contributed by atoms with Crippen molar-refractivity contribution in [3.63, 3.8) is 0 Å². The zero-order chi connectivity index (χ0) is 11.5. The van der Waals surface area contributed by atoms with Gasteiger partial charge in [0, 0.05) is 10.6 Å². The lowest BCUT2D eigenvalue weighted by molar-refractivity contribution is 0.490. The SMILES string of the molecule is CNCc1ncc(-c2cc(Cl)ccc2C)o1. The van der Waals surface area contributed by atoms with Crippen LogP contribution in [0, 0.1) is 6.92 Å². The highest BCUT2D eigenvalue weighted by Crippen LogP contribution is 2.27. The first-order valence-electron chi connectivity index (χ1n) is 5.06. The van der Waals surface area contributed by atoms with Crippen molar-refractivity contribution in [2.24, 2.45) is 0 Å². The van der Waals surface area contributed by atoms with Gasteiger partial charge in [0.15, 0.2) is 5.76 Å². The number of aryl methyl sites for hydroxylation is 1. The van der Waals surface area contributed by atoms with E-state index in [1.165, 1.54) is 0 Å². The van der Waals surface area contributed by atoms with Crippen LogP contribution in [0.4, 0.5) is 0 Å². The molecule has 0 aliphatic heterocycles. The Bertz CT molecular complexity index is 494. The minimum Gasteiger partial charge on any atom is -0.439 e. The summed E-state index contributed by atoms with van der Waals surface area (Å²) in [5, 5.41) is 3.69. The molecule has 84 valence electrons. The molecule has 1 heterocycles. The molecule has 16 heavy (non-hydrogen) atoms. The second-order valence-electron chi connectivity index (χ2n) is 3.61. The lowest BCUT2D eigenvalue weighted by Crippen LogP contribution is -2.04. The molecule has 0 unspecified atom stereocenters. The maximum Gasteiger partial charge on any atom is 0.208 e. The van der Waals surface area contributed by atoms with Crippen LogP contribution in [0.25, 0.3) is 11.3 Å². The van der Waals surface area contributed by atoms with Crippen LogP contribution in [0.2, 0.25) is 5.02 Å². The zero-order valence-electron chi connectivity index (χ0n) is 9.25. The highest BCUT2D eigenvalue weighted by atomic mass is 35.5. The van der Waals surface area contributed by atoms with Crippen molar-refractivity contribution in [3.05, 3.63) is 40.9 Å². The van der Waals surface area contributed by atoms with Crippen molar-refractivity contribution in [3.8, 4) is 11.3 Å². The lowest BCUT2D eigenvalue weighted by Gasteiger charge is -2.02. The largest absolute Gasteiger partial charge is 0.439 e. The summed E-state index contributed by atoms with van der Waals surface area (Å²) in [6.07, 6.45) is 1.73. The third-order valence-corrected chi connectivity index (χ3v) is 2.58. The van der Waals surface area contributed by atoms with Gasteiger partial charge in [-0.25, -0.2) is 4.98 Å². The van der Waals surface area contributed by atoms with Crippen LogP contribution in [0.1, 0.15) is 11.5 Å². The number of nitrogens with one attached hydrogen (secondary N) is 1. The van der Waals surface area contributed by atoms with Gasteiger partial charge in [-0.1, -0.05) is 17.7 Å². The van der Waals surface area contributed by atoms with Crippen LogP contribution < -0.4 is 5.32 Å². The molecular formula is C12H13ClN2O. The molecule has 1 N–H and O–H groups in total. The quantitative estimate of drug-likeness (QED) is 0.890. The Labute approximate surface area is 99.5 Å². The van der Waals surface area contributed by atoms with E-state index in [9.17, 15) is 0 Å². The fourth-order valence-electron chi connectivity index (χ4n) is 1.53.